The molecule has 0 aliphatic heterocycles. The van der Waals surface area contributed by atoms with Crippen LogP contribution in [-0.4, -0.2) is 17.6 Å². The summed E-state index contributed by atoms with van der Waals surface area (Å²) in [5, 5.41) is 8.03. The van der Waals surface area contributed by atoms with E-state index in [0.29, 0.717) is 6.42 Å². The molecule has 31 heavy (non-hydrogen) atoms. The molecule has 4 aromatic rings. The first kappa shape index (κ1) is 20.7. The Bertz CT molecular complexity index is 1200. The molecule has 5 heteroatoms. The van der Waals surface area contributed by atoms with Crippen LogP contribution in [0.2, 0.25) is 0 Å². The predicted octanol–water partition coefficient (Wildman–Crippen LogP) is 5.75. The van der Waals surface area contributed by atoms with Crippen molar-refractivity contribution in [2.75, 3.05) is 16.4 Å². The van der Waals surface area contributed by atoms with Crippen molar-refractivity contribution in [2.24, 2.45) is 0 Å². The van der Waals surface area contributed by atoms with Gasteiger partial charge in [0.2, 0.25) is 11.8 Å². The van der Waals surface area contributed by atoms with Crippen molar-refractivity contribution in [1.29, 1.82) is 0 Å². The lowest BCUT2D eigenvalue weighted by Gasteiger charge is -2.10. The molecule has 0 radical (unpaired) electrons. The lowest BCUT2D eigenvalue weighted by atomic mass is 10.1. The highest BCUT2D eigenvalue weighted by molar-refractivity contribution is 8.00. The smallest absolute Gasteiger partial charge is 0.234 e. The van der Waals surface area contributed by atoms with Crippen molar-refractivity contribution in [3.63, 3.8) is 0 Å². The van der Waals surface area contributed by atoms with Crippen molar-refractivity contribution >= 4 is 45.7 Å². The van der Waals surface area contributed by atoms with Crippen LogP contribution in [-0.2, 0) is 16.0 Å². The Morgan fingerprint density at radius 2 is 1.45 bits per heavy atom. The zero-order chi connectivity index (χ0) is 21.5. The summed E-state index contributed by atoms with van der Waals surface area (Å²) >= 11 is 1.44. The van der Waals surface area contributed by atoms with E-state index in [2.05, 4.69) is 10.6 Å². The fourth-order valence-corrected chi connectivity index (χ4v) is 4.07. The van der Waals surface area contributed by atoms with Gasteiger partial charge in [-0.15, -0.1) is 11.8 Å². The van der Waals surface area contributed by atoms with Gasteiger partial charge in [0.15, 0.2) is 0 Å². The molecule has 0 fully saturated rings. The fourth-order valence-electron chi connectivity index (χ4n) is 3.32. The summed E-state index contributed by atoms with van der Waals surface area (Å²) in [4.78, 5) is 25.7. The number of fused-ring (bicyclic) bond motifs is 1. The maximum Gasteiger partial charge on any atom is 0.234 e. The van der Waals surface area contributed by atoms with E-state index in [9.17, 15) is 9.59 Å². The van der Waals surface area contributed by atoms with Crippen molar-refractivity contribution in [3.8, 4) is 0 Å². The number of carbonyl (C=O) groups is 2. The van der Waals surface area contributed by atoms with Gasteiger partial charge >= 0.3 is 0 Å². The lowest BCUT2D eigenvalue weighted by molar-refractivity contribution is -0.115. The Kier molecular flexibility index (Phi) is 6.65. The number of hydrogen-bond acceptors (Lipinski definition) is 3. The third-order valence-corrected chi connectivity index (χ3v) is 5.75. The molecule has 0 atom stereocenters. The molecule has 0 bridgehead atoms. The van der Waals surface area contributed by atoms with Crippen LogP contribution in [0.25, 0.3) is 10.8 Å². The van der Waals surface area contributed by atoms with Crippen molar-refractivity contribution < 1.29 is 9.59 Å². The molecule has 0 unspecified atom stereocenters. The van der Waals surface area contributed by atoms with E-state index in [0.717, 1.165) is 32.6 Å². The number of amides is 2. The normalized spacial score (nSPS) is 10.6. The summed E-state index contributed by atoms with van der Waals surface area (Å²) in [6.07, 6.45) is 0.325. The Hall–Kier alpha value is -3.57. The highest BCUT2D eigenvalue weighted by Gasteiger charge is 2.08. The topological polar surface area (TPSA) is 58.2 Å². The summed E-state index contributed by atoms with van der Waals surface area (Å²) in [6, 6.07) is 31.0. The Morgan fingerprint density at radius 3 is 2.32 bits per heavy atom. The minimum absolute atomic E-state index is 0.0675. The first-order valence-electron chi connectivity index (χ1n) is 10.0. The van der Waals surface area contributed by atoms with Gasteiger partial charge in [-0.1, -0.05) is 72.8 Å². The summed E-state index contributed by atoms with van der Waals surface area (Å²) in [5.74, 6) is 0.145. The maximum atomic E-state index is 12.5. The van der Waals surface area contributed by atoms with Crippen LogP contribution in [0.5, 0.6) is 0 Å². The van der Waals surface area contributed by atoms with E-state index in [4.69, 9.17) is 0 Å². The Balaban J connectivity index is 1.33. The standard InChI is InChI=1S/C26H22N2O2S/c29-25(16-19-8-2-1-3-9-19)27-21-12-7-13-22(17-21)31-18-26(30)28-24-15-6-11-20-10-4-5-14-23(20)24/h1-15,17H,16,18H2,(H,27,29)(H,28,30). The molecule has 4 rings (SSSR count). The second-order valence-corrected chi connectivity index (χ2v) is 8.15. The molecule has 0 spiro atoms. The molecule has 0 saturated carbocycles. The van der Waals surface area contributed by atoms with Gasteiger partial charge in [0.1, 0.15) is 0 Å². The van der Waals surface area contributed by atoms with Crippen molar-refractivity contribution in [2.45, 2.75) is 11.3 Å². The van der Waals surface area contributed by atoms with Crippen LogP contribution in [0.1, 0.15) is 5.56 Å². The monoisotopic (exact) mass is 426 g/mol. The minimum atomic E-state index is -0.0696. The first-order valence-corrected chi connectivity index (χ1v) is 11.0. The average molecular weight is 427 g/mol. The number of rotatable bonds is 7. The van der Waals surface area contributed by atoms with Crippen LogP contribution in [0.4, 0.5) is 11.4 Å². The molecule has 4 aromatic carbocycles. The first-order chi connectivity index (χ1) is 15.2. The number of carbonyl (C=O) groups excluding carboxylic acids is 2. The highest BCUT2D eigenvalue weighted by atomic mass is 32.2. The van der Waals surface area contributed by atoms with Crippen LogP contribution >= 0.6 is 11.8 Å². The van der Waals surface area contributed by atoms with Gasteiger partial charge in [-0.25, -0.2) is 0 Å². The van der Waals surface area contributed by atoms with Crippen molar-refractivity contribution in [3.05, 3.63) is 103 Å². The molecular weight excluding hydrogens is 404 g/mol. The van der Waals surface area contributed by atoms with Crippen LogP contribution in [0, 0.1) is 0 Å². The van der Waals surface area contributed by atoms with Gasteiger partial charge in [0.05, 0.1) is 12.2 Å². The maximum absolute atomic E-state index is 12.5. The van der Waals surface area contributed by atoms with Gasteiger partial charge in [-0.3, -0.25) is 9.59 Å². The molecule has 0 aliphatic carbocycles. The Morgan fingerprint density at radius 1 is 0.710 bits per heavy atom. The van der Waals surface area contributed by atoms with Gasteiger partial charge in [0.25, 0.3) is 0 Å². The third kappa shape index (κ3) is 5.74. The van der Waals surface area contributed by atoms with Gasteiger partial charge in [-0.05, 0) is 35.2 Å². The van der Waals surface area contributed by atoms with Crippen molar-refractivity contribution in [1.82, 2.24) is 0 Å². The predicted molar refractivity (Wildman–Crippen MR) is 129 cm³/mol. The summed E-state index contributed by atoms with van der Waals surface area (Å²) < 4.78 is 0. The number of hydrogen-bond donors (Lipinski definition) is 2. The molecule has 0 aromatic heterocycles. The van der Waals surface area contributed by atoms with E-state index < -0.39 is 0 Å². The van der Waals surface area contributed by atoms with E-state index in [1.54, 1.807) is 0 Å². The molecule has 4 nitrogen and oxygen atoms in total. The highest BCUT2D eigenvalue weighted by Crippen LogP contribution is 2.25. The number of benzene rings is 4. The minimum Gasteiger partial charge on any atom is -0.326 e. The Labute approximate surface area is 185 Å². The van der Waals surface area contributed by atoms with Gasteiger partial charge in [0, 0.05) is 21.7 Å². The zero-order valence-corrected chi connectivity index (χ0v) is 17.7. The second-order valence-electron chi connectivity index (χ2n) is 7.10. The van der Waals surface area contributed by atoms with E-state index in [1.165, 1.54) is 11.8 Å². The number of nitrogens with one attached hydrogen (secondary N) is 2. The number of anilines is 2. The molecule has 0 saturated heterocycles. The lowest BCUT2D eigenvalue weighted by Crippen LogP contribution is -2.15. The molecule has 2 amide bonds. The third-order valence-electron chi connectivity index (χ3n) is 4.76. The molecular formula is C26H22N2O2S. The zero-order valence-electron chi connectivity index (χ0n) is 16.9. The van der Waals surface area contributed by atoms with Crippen LogP contribution in [0.15, 0.2) is 102 Å². The summed E-state index contributed by atoms with van der Waals surface area (Å²) in [6.45, 7) is 0. The molecule has 0 aliphatic rings. The molecule has 154 valence electrons. The van der Waals surface area contributed by atoms with E-state index in [-0.39, 0.29) is 17.6 Å². The largest absolute Gasteiger partial charge is 0.326 e. The van der Waals surface area contributed by atoms with Crippen LogP contribution < -0.4 is 10.6 Å². The molecule has 0 heterocycles. The van der Waals surface area contributed by atoms with E-state index >= 15 is 0 Å². The molecule has 2 N–H and O–H groups in total. The summed E-state index contributed by atoms with van der Waals surface area (Å²) in [5.41, 5.74) is 2.50. The fraction of sp³-hybridized carbons (Fsp3) is 0.0769. The van der Waals surface area contributed by atoms with Crippen LogP contribution in [0.3, 0.4) is 0 Å². The SMILES string of the molecule is O=C(Cc1ccccc1)Nc1cccc(SCC(=O)Nc2cccc3ccccc23)c1. The second kappa shape index (κ2) is 9.96. The number of thioether (sulfide) groups is 1. The quantitative estimate of drug-likeness (QED) is 0.370. The average Bonchev–Trinajstić information content (AvgIpc) is 2.79. The van der Waals surface area contributed by atoms with Gasteiger partial charge < -0.3 is 10.6 Å². The van der Waals surface area contributed by atoms with Gasteiger partial charge in [-0.2, -0.15) is 0 Å². The van der Waals surface area contributed by atoms with E-state index in [1.807, 2.05) is 97.1 Å². The summed E-state index contributed by atoms with van der Waals surface area (Å²) in [7, 11) is 0.